The van der Waals surface area contributed by atoms with Crippen LogP contribution < -0.4 is 0 Å². The molecule has 3 heteroatoms. The molecule has 0 radical (unpaired) electrons. The third-order valence-electron chi connectivity index (χ3n) is 2.52. The van der Waals surface area contributed by atoms with Crippen molar-refractivity contribution in [2.75, 3.05) is 12.4 Å². The molecule has 1 rings (SSSR count). The van der Waals surface area contributed by atoms with Crippen LogP contribution in [0.1, 0.15) is 25.7 Å². The number of hydrogen-bond donors (Lipinski definition) is 0. The van der Waals surface area contributed by atoms with Gasteiger partial charge < -0.3 is 0 Å². The van der Waals surface area contributed by atoms with Crippen LogP contribution in [0.5, 0.6) is 0 Å². The minimum Gasteiger partial charge on any atom is -0.211 e. The van der Waals surface area contributed by atoms with E-state index in [-0.39, 0.29) is 0 Å². The minimum absolute atomic E-state index is 0.573. The van der Waals surface area contributed by atoms with Crippen LogP contribution in [-0.4, -0.2) is 18.5 Å². The van der Waals surface area contributed by atoms with Crippen molar-refractivity contribution < 1.29 is 4.79 Å². The van der Waals surface area contributed by atoms with E-state index in [1.54, 1.807) is 6.08 Å². The van der Waals surface area contributed by atoms with E-state index in [1.165, 1.54) is 19.3 Å². The fraction of sp³-hybridized carbons (Fsp3) is 0.889. The average Bonchev–Trinajstić information content (AvgIpc) is 2.15. The molecule has 0 bridgehead atoms. The van der Waals surface area contributed by atoms with Crippen molar-refractivity contribution in [3.63, 3.8) is 0 Å². The molecule has 0 aromatic carbocycles. The van der Waals surface area contributed by atoms with Crippen molar-refractivity contribution >= 4 is 17.7 Å². The van der Waals surface area contributed by atoms with Gasteiger partial charge in [-0.3, -0.25) is 0 Å². The second-order valence-electron chi connectivity index (χ2n) is 3.48. The van der Waals surface area contributed by atoms with Gasteiger partial charge in [0.15, 0.2) is 0 Å². The van der Waals surface area contributed by atoms with Crippen LogP contribution in [0.4, 0.5) is 0 Å². The first-order chi connectivity index (χ1) is 5.86. The zero-order valence-corrected chi connectivity index (χ0v) is 7.89. The van der Waals surface area contributed by atoms with Crippen LogP contribution in [-0.2, 0) is 4.79 Å². The van der Waals surface area contributed by atoms with Crippen molar-refractivity contribution in [2.45, 2.75) is 25.7 Å². The molecule has 12 heavy (non-hydrogen) atoms. The van der Waals surface area contributed by atoms with Gasteiger partial charge in [0.25, 0.3) is 0 Å². The Kier molecular flexibility index (Phi) is 4.34. The van der Waals surface area contributed by atoms with Crippen LogP contribution in [0.15, 0.2) is 4.99 Å². The Morgan fingerprint density at radius 3 is 2.83 bits per heavy atom. The van der Waals surface area contributed by atoms with Gasteiger partial charge >= 0.3 is 0 Å². The minimum atomic E-state index is 0.573. The lowest BCUT2D eigenvalue weighted by molar-refractivity contribution is 0.291. The summed E-state index contributed by atoms with van der Waals surface area (Å²) in [7, 11) is 0. The quantitative estimate of drug-likeness (QED) is 0.379. The molecule has 0 saturated heterocycles. The van der Waals surface area contributed by atoms with E-state index in [2.05, 4.69) is 4.99 Å². The molecule has 0 amide bonds. The Bertz CT molecular complexity index is 177. The topological polar surface area (TPSA) is 29.4 Å². The van der Waals surface area contributed by atoms with Crippen LogP contribution >= 0.6 is 11.6 Å². The summed E-state index contributed by atoms with van der Waals surface area (Å²) in [5.74, 6) is 1.97. The molecule has 1 fully saturated rings. The largest absolute Gasteiger partial charge is 0.234 e. The van der Waals surface area contributed by atoms with E-state index >= 15 is 0 Å². The van der Waals surface area contributed by atoms with Crippen molar-refractivity contribution in [1.29, 1.82) is 0 Å². The fourth-order valence-corrected chi connectivity index (χ4v) is 2.15. The van der Waals surface area contributed by atoms with Crippen molar-refractivity contribution in [1.82, 2.24) is 0 Å². The Morgan fingerprint density at radius 1 is 1.42 bits per heavy atom. The molecule has 1 aliphatic carbocycles. The standard InChI is InChI=1S/C9H14ClNO/c10-5-8-2-1-3-9(4-8)6-11-7-12/h8-9H,1-6H2. The lowest BCUT2D eigenvalue weighted by atomic mass is 9.82. The smallest absolute Gasteiger partial charge is 0.211 e. The van der Waals surface area contributed by atoms with Crippen LogP contribution in [0.25, 0.3) is 0 Å². The van der Waals surface area contributed by atoms with E-state index in [0.29, 0.717) is 18.4 Å². The molecular formula is C9H14ClNO. The van der Waals surface area contributed by atoms with Gasteiger partial charge in [0.2, 0.25) is 6.08 Å². The summed E-state index contributed by atoms with van der Waals surface area (Å²) in [5, 5.41) is 0. The summed E-state index contributed by atoms with van der Waals surface area (Å²) in [6.45, 7) is 0.650. The summed E-state index contributed by atoms with van der Waals surface area (Å²) in [4.78, 5) is 13.5. The zero-order chi connectivity index (χ0) is 8.81. The number of carbonyl (C=O) groups excluding carboxylic acids is 1. The Morgan fingerprint density at radius 2 is 2.17 bits per heavy atom. The highest BCUT2D eigenvalue weighted by Crippen LogP contribution is 2.29. The molecule has 0 heterocycles. The number of halogens is 1. The molecule has 2 atom stereocenters. The molecule has 1 aliphatic rings. The van der Waals surface area contributed by atoms with Gasteiger partial charge in [-0.2, -0.15) is 0 Å². The molecule has 2 nitrogen and oxygen atoms in total. The Balaban J connectivity index is 2.30. The molecule has 0 aromatic rings. The predicted octanol–water partition coefficient (Wildman–Crippen LogP) is 2.37. The number of alkyl halides is 1. The maximum atomic E-state index is 9.88. The van der Waals surface area contributed by atoms with Gasteiger partial charge in [0, 0.05) is 5.88 Å². The number of nitrogens with zero attached hydrogens (tertiary/aromatic N) is 1. The van der Waals surface area contributed by atoms with E-state index in [9.17, 15) is 4.79 Å². The maximum Gasteiger partial charge on any atom is 0.234 e. The summed E-state index contributed by atoms with van der Waals surface area (Å²) in [5.41, 5.74) is 0. The first-order valence-electron chi connectivity index (χ1n) is 4.46. The lowest BCUT2D eigenvalue weighted by Gasteiger charge is -2.26. The first-order valence-corrected chi connectivity index (χ1v) is 5.00. The monoisotopic (exact) mass is 187 g/mol. The Hall–Kier alpha value is -0.330. The van der Waals surface area contributed by atoms with Gasteiger partial charge in [-0.1, -0.05) is 6.42 Å². The molecular weight excluding hydrogens is 174 g/mol. The fourth-order valence-electron chi connectivity index (χ4n) is 1.87. The normalized spacial score (nSPS) is 29.4. The second-order valence-corrected chi connectivity index (χ2v) is 3.79. The van der Waals surface area contributed by atoms with Gasteiger partial charge in [-0.15, -0.1) is 11.6 Å². The van der Waals surface area contributed by atoms with Crippen LogP contribution in [0, 0.1) is 11.8 Å². The number of aliphatic imine (C=N–C) groups is 1. The summed E-state index contributed by atoms with van der Waals surface area (Å²) in [6, 6.07) is 0. The highest BCUT2D eigenvalue weighted by atomic mass is 35.5. The van der Waals surface area contributed by atoms with Crippen molar-refractivity contribution in [2.24, 2.45) is 16.8 Å². The molecule has 0 aliphatic heterocycles. The highest BCUT2D eigenvalue weighted by molar-refractivity contribution is 6.18. The molecule has 0 aromatic heterocycles. The summed E-state index contributed by atoms with van der Waals surface area (Å²) >= 11 is 5.77. The molecule has 68 valence electrons. The van der Waals surface area contributed by atoms with Crippen LogP contribution in [0.2, 0.25) is 0 Å². The predicted molar refractivity (Wildman–Crippen MR) is 49.2 cm³/mol. The van der Waals surface area contributed by atoms with Gasteiger partial charge in [0.05, 0.1) is 6.54 Å². The number of hydrogen-bond acceptors (Lipinski definition) is 2. The summed E-state index contributed by atoms with van der Waals surface area (Å²) in [6.07, 6.45) is 6.39. The highest BCUT2D eigenvalue weighted by Gasteiger charge is 2.20. The van der Waals surface area contributed by atoms with Crippen molar-refractivity contribution in [3.05, 3.63) is 0 Å². The van der Waals surface area contributed by atoms with Gasteiger partial charge in [-0.25, -0.2) is 9.79 Å². The average molecular weight is 188 g/mol. The lowest BCUT2D eigenvalue weighted by Crippen LogP contribution is -2.18. The third kappa shape index (κ3) is 2.96. The van der Waals surface area contributed by atoms with Gasteiger partial charge in [0.1, 0.15) is 0 Å². The SMILES string of the molecule is O=C=NCC1CCCC(CCl)C1. The maximum absolute atomic E-state index is 9.88. The first kappa shape index (κ1) is 9.76. The van der Waals surface area contributed by atoms with Crippen LogP contribution in [0.3, 0.4) is 0 Å². The number of rotatable bonds is 3. The van der Waals surface area contributed by atoms with Gasteiger partial charge in [-0.05, 0) is 31.1 Å². The molecule has 0 N–H and O–H groups in total. The third-order valence-corrected chi connectivity index (χ3v) is 2.96. The van der Waals surface area contributed by atoms with E-state index in [0.717, 1.165) is 12.3 Å². The molecule has 2 unspecified atom stereocenters. The zero-order valence-electron chi connectivity index (χ0n) is 7.13. The van der Waals surface area contributed by atoms with E-state index in [1.807, 2.05) is 0 Å². The molecule has 0 spiro atoms. The number of isocyanates is 1. The van der Waals surface area contributed by atoms with Crippen molar-refractivity contribution in [3.8, 4) is 0 Å². The molecule has 1 saturated carbocycles. The van der Waals surface area contributed by atoms with E-state index < -0.39 is 0 Å². The summed E-state index contributed by atoms with van der Waals surface area (Å²) < 4.78 is 0. The second kappa shape index (κ2) is 5.34. The Labute approximate surface area is 78.0 Å². The van der Waals surface area contributed by atoms with E-state index in [4.69, 9.17) is 11.6 Å².